The van der Waals surface area contributed by atoms with Crippen LogP contribution >= 0.6 is 0 Å². The highest BCUT2D eigenvalue weighted by molar-refractivity contribution is 5.81. The number of anilines is 4. The van der Waals surface area contributed by atoms with Crippen LogP contribution in [-0.4, -0.2) is 54.3 Å². The van der Waals surface area contributed by atoms with Gasteiger partial charge in [0.15, 0.2) is 11.5 Å². The molecule has 2 N–H and O–H groups in total. The highest BCUT2D eigenvalue weighted by atomic mass is 16.7. The molecule has 2 aromatic carbocycles. The molecule has 3 aromatic rings. The number of hydrogen-bond acceptors (Lipinski definition) is 10. The summed E-state index contributed by atoms with van der Waals surface area (Å²) in [6, 6.07) is 13.6. The third-order valence-corrected chi connectivity index (χ3v) is 5.00. The number of hydrogen-bond donors (Lipinski definition) is 2. The molecule has 5 rings (SSSR count). The molecule has 0 aliphatic carbocycles. The van der Waals surface area contributed by atoms with Crippen LogP contribution in [0.1, 0.15) is 11.1 Å². The van der Waals surface area contributed by atoms with E-state index in [0.717, 1.165) is 17.0 Å². The molecule has 164 valence electrons. The van der Waals surface area contributed by atoms with Crippen molar-refractivity contribution in [2.45, 2.75) is 6.92 Å². The van der Waals surface area contributed by atoms with Crippen LogP contribution in [0.15, 0.2) is 47.6 Å². The van der Waals surface area contributed by atoms with Gasteiger partial charge >= 0.3 is 0 Å². The number of hydrazone groups is 1. The molecule has 2 aliphatic rings. The zero-order chi connectivity index (χ0) is 21.8. The van der Waals surface area contributed by atoms with Crippen molar-refractivity contribution in [3.8, 4) is 11.5 Å². The Morgan fingerprint density at radius 2 is 1.72 bits per heavy atom. The SMILES string of the molecule is Cc1ccc(Nc2nc(NN=Cc3ccc4c(c3)OCO4)nc(N3CCOCC3)n2)cc1. The number of benzene rings is 2. The Bertz CT molecular complexity index is 1120. The average molecular weight is 433 g/mol. The van der Waals surface area contributed by atoms with Gasteiger partial charge in [0.2, 0.25) is 24.6 Å². The summed E-state index contributed by atoms with van der Waals surface area (Å²) in [6.45, 7) is 4.99. The molecule has 1 saturated heterocycles. The summed E-state index contributed by atoms with van der Waals surface area (Å²) >= 11 is 0. The second-order valence-corrected chi connectivity index (χ2v) is 7.36. The average Bonchev–Trinajstić information content (AvgIpc) is 3.29. The molecule has 3 heterocycles. The summed E-state index contributed by atoms with van der Waals surface area (Å²) in [5.41, 5.74) is 5.85. The van der Waals surface area contributed by atoms with Crippen LogP contribution in [0, 0.1) is 6.92 Å². The lowest BCUT2D eigenvalue weighted by atomic mass is 10.2. The van der Waals surface area contributed by atoms with Gasteiger partial charge in [-0.1, -0.05) is 17.7 Å². The first-order valence-corrected chi connectivity index (χ1v) is 10.3. The van der Waals surface area contributed by atoms with Crippen molar-refractivity contribution >= 4 is 29.7 Å². The Balaban J connectivity index is 1.36. The topological polar surface area (TPSA) is 106 Å². The number of ether oxygens (including phenoxy) is 3. The minimum absolute atomic E-state index is 0.236. The van der Waals surface area contributed by atoms with Crippen LogP contribution < -0.4 is 25.1 Å². The van der Waals surface area contributed by atoms with Crippen molar-refractivity contribution in [2.75, 3.05) is 48.7 Å². The molecule has 10 heteroatoms. The molecule has 1 aromatic heterocycles. The number of fused-ring (bicyclic) bond motifs is 1. The van der Waals surface area contributed by atoms with Gasteiger partial charge in [-0.05, 0) is 42.8 Å². The molecule has 0 unspecified atom stereocenters. The van der Waals surface area contributed by atoms with Crippen molar-refractivity contribution < 1.29 is 14.2 Å². The molecule has 10 nitrogen and oxygen atoms in total. The summed E-state index contributed by atoms with van der Waals surface area (Å²) in [4.78, 5) is 15.7. The van der Waals surface area contributed by atoms with Gasteiger partial charge < -0.3 is 24.4 Å². The first-order chi connectivity index (χ1) is 15.7. The third kappa shape index (κ3) is 4.70. The van der Waals surface area contributed by atoms with Crippen LogP contribution in [0.2, 0.25) is 0 Å². The Morgan fingerprint density at radius 3 is 2.56 bits per heavy atom. The van der Waals surface area contributed by atoms with Crippen LogP contribution in [0.3, 0.4) is 0 Å². The Labute approximate surface area is 185 Å². The van der Waals surface area contributed by atoms with Gasteiger partial charge in [-0.25, -0.2) is 5.43 Å². The van der Waals surface area contributed by atoms with Crippen molar-refractivity contribution in [3.63, 3.8) is 0 Å². The highest BCUT2D eigenvalue weighted by Gasteiger charge is 2.17. The zero-order valence-corrected chi connectivity index (χ0v) is 17.6. The molecule has 0 bridgehead atoms. The van der Waals surface area contributed by atoms with Crippen molar-refractivity contribution in [1.82, 2.24) is 15.0 Å². The largest absolute Gasteiger partial charge is 0.454 e. The minimum Gasteiger partial charge on any atom is -0.454 e. The Kier molecular flexibility index (Phi) is 5.67. The third-order valence-electron chi connectivity index (χ3n) is 5.00. The summed E-state index contributed by atoms with van der Waals surface area (Å²) in [7, 11) is 0. The van der Waals surface area contributed by atoms with Crippen LogP contribution in [0.25, 0.3) is 0 Å². The molecule has 0 amide bonds. The lowest BCUT2D eigenvalue weighted by molar-refractivity contribution is 0.122. The van der Waals surface area contributed by atoms with Gasteiger partial charge in [0.05, 0.1) is 19.4 Å². The second kappa shape index (κ2) is 9.06. The molecular weight excluding hydrogens is 410 g/mol. The van der Waals surface area contributed by atoms with E-state index >= 15 is 0 Å². The van der Waals surface area contributed by atoms with Crippen molar-refractivity contribution in [1.29, 1.82) is 0 Å². The van der Waals surface area contributed by atoms with Crippen LogP contribution in [-0.2, 0) is 4.74 Å². The van der Waals surface area contributed by atoms with Crippen molar-refractivity contribution in [2.24, 2.45) is 5.10 Å². The maximum atomic E-state index is 5.45. The lowest BCUT2D eigenvalue weighted by Gasteiger charge is -2.27. The fraction of sp³-hybridized carbons (Fsp3) is 0.273. The molecule has 2 aliphatic heterocycles. The van der Waals surface area contributed by atoms with E-state index in [1.165, 1.54) is 5.56 Å². The molecular formula is C22H23N7O3. The van der Waals surface area contributed by atoms with E-state index in [0.29, 0.717) is 49.9 Å². The fourth-order valence-electron chi connectivity index (χ4n) is 3.30. The number of aromatic nitrogens is 3. The Hall–Kier alpha value is -3.92. The first kappa shape index (κ1) is 20.0. The van der Waals surface area contributed by atoms with Gasteiger partial charge in [-0.2, -0.15) is 20.1 Å². The fourth-order valence-corrected chi connectivity index (χ4v) is 3.30. The highest BCUT2D eigenvalue weighted by Crippen LogP contribution is 2.32. The molecule has 32 heavy (non-hydrogen) atoms. The number of morpholine rings is 1. The van der Waals surface area contributed by atoms with E-state index in [1.54, 1.807) is 6.21 Å². The summed E-state index contributed by atoms with van der Waals surface area (Å²) < 4.78 is 16.2. The predicted octanol–water partition coefficient (Wildman–Crippen LogP) is 2.93. The normalized spacial score (nSPS) is 15.2. The maximum absolute atomic E-state index is 5.45. The van der Waals surface area contributed by atoms with Crippen molar-refractivity contribution in [3.05, 3.63) is 53.6 Å². The maximum Gasteiger partial charge on any atom is 0.250 e. The minimum atomic E-state index is 0.236. The lowest BCUT2D eigenvalue weighted by Crippen LogP contribution is -2.37. The second-order valence-electron chi connectivity index (χ2n) is 7.36. The van der Waals surface area contributed by atoms with E-state index in [-0.39, 0.29) is 6.79 Å². The predicted molar refractivity (Wildman–Crippen MR) is 121 cm³/mol. The quantitative estimate of drug-likeness (QED) is 0.448. The smallest absolute Gasteiger partial charge is 0.250 e. The van der Waals surface area contributed by atoms with E-state index in [4.69, 9.17) is 14.2 Å². The van der Waals surface area contributed by atoms with Gasteiger partial charge in [0, 0.05) is 18.8 Å². The van der Waals surface area contributed by atoms with Gasteiger partial charge in [-0.15, -0.1) is 0 Å². The van der Waals surface area contributed by atoms with E-state index < -0.39 is 0 Å². The monoisotopic (exact) mass is 433 g/mol. The number of nitrogens with one attached hydrogen (secondary N) is 2. The summed E-state index contributed by atoms with van der Waals surface area (Å²) in [5, 5.41) is 7.53. The standard InChI is InChI=1S/C22H23N7O3/c1-15-2-5-17(6-3-15)24-20-25-21(27-22(26-20)29-8-10-30-11-9-29)28-23-13-16-4-7-18-19(12-16)32-14-31-18/h2-7,12-13H,8-11,14H2,1H3,(H2,24,25,26,27,28). The molecule has 1 fully saturated rings. The number of rotatable bonds is 6. The molecule has 0 atom stereocenters. The van der Waals surface area contributed by atoms with E-state index in [2.05, 4.69) is 35.7 Å². The van der Waals surface area contributed by atoms with E-state index in [9.17, 15) is 0 Å². The molecule has 0 radical (unpaired) electrons. The van der Waals surface area contributed by atoms with Gasteiger partial charge in [0.25, 0.3) is 0 Å². The number of nitrogens with zero attached hydrogens (tertiary/aromatic N) is 5. The molecule has 0 spiro atoms. The van der Waals surface area contributed by atoms with Gasteiger partial charge in [0.1, 0.15) is 0 Å². The van der Waals surface area contributed by atoms with Gasteiger partial charge in [-0.3, -0.25) is 0 Å². The zero-order valence-electron chi connectivity index (χ0n) is 17.6. The van der Waals surface area contributed by atoms with E-state index in [1.807, 2.05) is 49.4 Å². The number of aryl methyl sites for hydroxylation is 1. The van der Waals surface area contributed by atoms with Crippen LogP contribution in [0.4, 0.5) is 23.5 Å². The molecule has 0 saturated carbocycles. The summed E-state index contributed by atoms with van der Waals surface area (Å²) in [5.74, 6) is 2.78. The summed E-state index contributed by atoms with van der Waals surface area (Å²) in [6.07, 6.45) is 1.67. The van der Waals surface area contributed by atoms with Crippen LogP contribution in [0.5, 0.6) is 11.5 Å². The Morgan fingerprint density at radius 1 is 0.938 bits per heavy atom. The first-order valence-electron chi connectivity index (χ1n) is 10.3.